The second kappa shape index (κ2) is 8.66. The van der Waals surface area contributed by atoms with Gasteiger partial charge in [-0.05, 0) is 39.8 Å². The third-order valence-electron chi connectivity index (χ3n) is 4.24. The van der Waals surface area contributed by atoms with E-state index in [0.717, 1.165) is 0 Å². The van der Waals surface area contributed by atoms with E-state index >= 15 is 0 Å². The minimum atomic E-state index is -3.64. The fourth-order valence-electron chi connectivity index (χ4n) is 2.86. The number of hydrogen-bond donors (Lipinski definition) is 1. The van der Waals surface area contributed by atoms with E-state index in [9.17, 15) is 13.2 Å². The normalized spacial score (nSPS) is 16.8. The Morgan fingerprint density at radius 3 is 2.53 bits per heavy atom. The molecule has 1 saturated heterocycles. The number of aromatic nitrogens is 4. The van der Waals surface area contributed by atoms with Crippen molar-refractivity contribution >= 4 is 16.1 Å². The van der Waals surface area contributed by atoms with Crippen LogP contribution in [0.1, 0.15) is 39.6 Å². The predicted molar refractivity (Wildman–Crippen MR) is 107 cm³/mol. The Kier molecular flexibility index (Phi) is 6.38. The minimum absolute atomic E-state index is 0.0924. The van der Waals surface area contributed by atoms with Crippen LogP contribution in [0.2, 0.25) is 0 Å². The van der Waals surface area contributed by atoms with Gasteiger partial charge in [-0.25, -0.2) is 23.2 Å². The van der Waals surface area contributed by atoms with Crippen LogP contribution in [0.4, 0.5) is 4.79 Å². The third kappa shape index (κ3) is 5.12. The Hall–Kier alpha value is -2.57. The summed E-state index contributed by atoms with van der Waals surface area (Å²) >= 11 is 0. The molecule has 1 unspecified atom stereocenters. The number of carbonyl (C=O) groups is 1. The molecule has 0 saturated carbocycles. The quantitative estimate of drug-likeness (QED) is 0.739. The second-order valence-electron chi connectivity index (χ2n) is 7.77. The molecule has 1 aliphatic rings. The summed E-state index contributed by atoms with van der Waals surface area (Å²) in [6.07, 6.45) is 2.05. The molecule has 30 heavy (non-hydrogen) atoms. The van der Waals surface area contributed by atoms with Gasteiger partial charge in [-0.1, -0.05) is 0 Å². The molecule has 164 valence electrons. The summed E-state index contributed by atoms with van der Waals surface area (Å²) in [6.45, 7) is 8.42. The van der Waals surface area contributed by atoms with Crippen LogP contribution in [0, 0.1) is 0 Å². The Balaban J connectivity index is 1.76. The summed E-state index contributed by atoms with van der Waals surface area (Å²) in [4.78, 5) is 20.6. The summed E-state index contributed by atoms with van der Waals surface area (Å²) in [5.41, 5.74) is -0.624. The topological polar surface area (TPSA) is 129 Å². The highest BCUT2D eigenvalue weighted by atomic mass is 32.2. The van der Waals surface area contributed by atoms with Gasteiger partial charge in [-0.15, -0.1) is 0 Å². The number of pyridine rings is 1. The molecule has 1 N–H and O–H groups in total. The van der Waals surface area contributed by atoms with Gasteiger partial charge in [0, 0.05) is 19.3 Å². The highest BCUT2D eigenvalue weighted by molar-refractivity contribution is 7.89. The standard InChI is InChI=1S/C18H26N6O5S/c1-13(22-17(25)29-18(2,3)4)16-20-12-21-24(16)15-6-5-14(11-19-15)30(26,27)23-7-9-28-10-8-23/h5-6,11-13H,7-10H2,1-4H3,(H,22,25). The SMILES string of the molecule is CC(NC(=O)OC(C)(C)C)c1ncnn1-c1ccc(S(=O)(=O)N2CCOCC2)cn1. The first-order chi connectivity index (χ1) is 14.1. The van der Waals surface area contributed by atoms with Gasteiger partial charge in [-0.2, -0.15) is 14.1 Å². The number of morpholine rings is 1. The van der Waals surface area contributed by atoms with Crippen molar-refractivity contribution in [3.05, 3.63) is 30.5 Å². The fourth-order valence-corrected chi connectivity index (χ4v) is 4.21. The summed E-state index contributed by atoms with van der Waals surface area (Å²) in [5, 5.41) is 6.85. The molecular formula is C18H26N6O5S. The predicted octanol–water partition coefficient (Wildman–Crippen LogP) is 1.27. The molecule has 11 nitrogen and oxygen atoms in total. The maximum absolute atomic E-state index is 12.7. The lowest BCUT2D eigenvalue weighted by atomic mass is 10.2. The molecule has 0 bridgehead atoms. The van der Waals surface area contributed by atoms with Crippen LogP contribution < -0.4 is 5.32 Å². The van der Waals surface area contributed by atoms with E-state index in [0.29, 0.717) is 37.9 Å². The highest BCUT2D eigenvalue weighted by Crippen LogP contribution is 2.19. The molecule has 0 aromatic carbocycles. The third-order valence-corrected chi connectivity index (χ3v) is 6.12. The molecular weight excluding hydrogens is 412 g/mol. The molecule has 0 radical (unpaired) electrons. The zero-order chi connectivity index (χ0) is 21.9. The summed E-state index contributed by atoms with van der Waals surface area (Å²) in [6, 6.07) is 2.51. The van der Waals surface area contributed by atoms with Crippen molar-refractivity contribution < 1.29 is 22.7 Å². The Morgan fingerprint density at radius 1 is 1.23 bits per heavy atom. The molecule has 1 amide bonds. The molecule has 3 rings (SSSR count). The Morgan fingerprint density at radius 2 is 1.93 bits per heavy atom. The van der Waals surface area contributed by atoms with E-state index in [4.69, 9.17) is 9.47 Å². The van der Waals surface area contributed by atoms with Crippen molar-refractivity contribution in [3.8, 4) is 5.82 Å². The molecule has 2 aromatic heterocycles. The van der Waals surface area contributed by atoms with Gasteiger partial charge < -0.3 is 14.8 Å². The number of rotatable bonds is 5. The van der Waals surface area contributed by atoms with Crippen molar-refractivity contribution in [1.82, 2.24) is 29.4 Å². The monoisotopic (exact) mass is 438 g/mol. The van der Waals surface area contributed by atoms with E-state index in [-0.39, 0.29) is 4.90 Å². The van der Waals surface area contributed by atoms with Crippen LogP contribution in [0.3, 0.4) is 0 Å². The molecule has 1 fully saturated rings. The number of sulfonamides is 1. The van der Waals surface area contributed by atoms with E-state index in [2.05, 4.69) is 20.4 Å². The number of hydrogen-bond acceptors (Lipinski definition) is 8. The maximum Gasteiger partial charge on any atom is 0.408 e. The first-order valence-corrected chi connectivity index (χ1v) is 11.0. The molecule has 0 spiro atoms. The van der Waals surface area contributed by atoms with Crippen LogP contribution in [0.15, 0.2) is 29.6 Å². The van der Waals surface area contributed by atoms with Crippen LogP contribution in [0.5, 0.6) is 0 Å². The van der Waals surface area contributed by atoms with Crippen molar-refractivity contribution in [2.45, 2.75) is 44.2 Å². The maximum atomic E-state index is 12.7. The number of nitrogens with zero attached hydrogens (tertiary/aromatic N) is 5. The lowest BCUT2D eigenvalue weighted by Gasteiger charge is -2.25. The van der Waals surface area contributed by atoms with Gasteiger partial charge in [0.2, 0.25) is 10.0 Å². The smallest absolute Gasteiger partial charge is 0.408 e. The van der Waals surface area contributed by atoms with Crippen molar-refractivity contribution in [1.29, 1.82) is 0 Å². The number of ether oxygens (including phenoxy) is 2. The van der Waals surface area contributed by atoms with E-state index in [1.807, 2.05) is 0 Å². The van der Waals surface area contributed by atoms with Gasteiger partial charge in [0.25, 0.3) is 0 Å². The first-order valence-electron chi connectivity index (χ1n) is 9.52. The van der Waals surface area contributed by atoms with Gasteiger partial charge >= 0.3 is 6.09 Å². The van der Waals surface area contributed by atoms with Gasteiger partial charge in [0.15, 0.2) is 11.6 Å². The Labute approximate surface area is 175 Å². The average Bonchev–Trinajstić information content (AvgIpc) is 3.17. The summed E-state index contributed by atoms with van der Waals surface area (Å²) < 4.78 is 38.7. The molecule has 3 heterocycles. The number of carbonyl (C=O) groups excluding carboxylic acids is 1. The number of nitrogens with one attached hydrogen (secondary N) is 1. The largest absolute Gasteiger partial charge is 0.444 e. The molecule has 1 aliphatic heterocycles. The minimum Gasteiger partial charge on any atom is -0.444 e. The zero-order valence-electron chi connectivity index (χ0n) is 17.4. The van der Waals surface area contributed by atoms with E-state index < -0.39 is 27.8 Å². The molecule has 2 aromatic rings. The van der Waals surface area contributed by atoms with Crippen LogP contribution in [-0.2, 0) is 19.5 Å². The van der Waals surface area contributed by atoms with Gasteiger partial charge in [0.1, 0.15) is 16.8 Å². The van der Waals surface area contributed by atoms with E-state index in [1.54, 1.807) is 33.8 Å². The number of alkyl carbamates (subject to hydrolysis) is 1. The van der Waals surface area contributed by atoms with Gasteiger partial charge in [0.05, 0.1) is 19.3 Å². The molecule has 12 heteroatoms. The summed E-state index contributed by atoms with van der Waals surface area (Å²) in [7, 11) is -3.64. The molecule has 0 aliphatic carbocycles. The molecule has 1 atom stereocenters. The average molecular weight is 439 g/mol. The van der Waals surface area contributed by atoms with Crippen molar-refractivity contribution in [3.63, 3.8) is 0 Å². The zero-order valence-corrected chi connectivity index (χ0v) is 18.2. The fraction of sp³-hybridized carbons (Fsp3) is 0.556. The van der Waals surface area contributed by atoms with Crippen LogP contribution in [-0.4, -0.2) is 70.5 Å². The lowest BCUT2D eigenvalue weighted by molar-refractivity contribution is 0.0505. The lowest BCUT2D eigenvalue weighted by Crippen LogP contribution is -2.40. The van der Waals surface area contributed by atoms with Crippen LogP contribution in [0.25, 0.3) is 5.82 Å². The van der Waals surface area contributed by atoms with Crippen LogP contribution >= 0.6 is 0 Å². The van der Waals surface area contributed by atoms with Gasteiger partial charge in [-0.3, -0.25) is 0 Å². The Bertz CT molecular complexity index is 977. The second-order valence-corrected chi connectivity index (χ2v) is 9.70. The van der Waals surface area contributed by atoms with Crippen molar-refractivity contribution in [2.24, 2.45) is 0 Å². The highest BCUT2D eigenvalue weighted by Gasteiger charge is 2.27. The summed E-state index contributed by atoms with van der Waals surface area (Å²) in [5.74, 6) is 0.804. The van der Waals surface area contributed by atoms with E-state index in [1.165, 1.54) is 27.6 Å². The number of amides is 1. The first kappa shape index (κ1) is 22.1. The van der Waals surface area contributed by atoms with Crippen molar-refractivity contribution in [2.75, 3.05) is 26.3 Å².